The third kappa shape index (κ3) is 2.79. The van der Waals surface area contributed by atoms with Crippen LogP contribution < -0.4 is 5.46 Å². The molecule has 0 amide bonds. The molecule has 0 atom stereocenters. The minimum Gasteiger partial charge on any atom is -0.423 e. The highest BCUT2D eigenvalue weighted by atomic mass is 16.4. The number of nitrogens with zero attached hydrogens (tertiary/aromatic N) is 2. The van der Waals surface area contributed by atoms with Crippen LogP contribution in [0.1, 0.15) is 25.5 Å². The largest absolute Gasteiger partial charge is 0.491 e. The van der Waals surface area contributed by atoms with Crippen LogP contribution >= 0.6 is 0 Å². The SMILES string of the molecule is CCCCc1ncncc1B(O)O. The van der Waals surface area contributed by atoms with Gasteiger partial charge < -0.3 is 10.0 Å². The van der Waals surface area contributed by atoms with Crippen LogP contribution in [0.15, 0.2) is 12.5 Å². The number of hydrogen-bond acceptors (Lipinski definition) is 4. The van der Waals surface area contributed by atoms with Crippen LogP contribution in [0.3, 0.4) is 0 Å². The van der Waals surface area contributed by atoms with Gasteiger partial charge in [0.1, 0.15) is 6.33 Å². The molecule has 0 aliphatic rings. The molecule has 1 heterocycles. The Morgan fingerprint density at radius 3 is 2.85 bits per heavy atom. The molecule has 1 aromatic heterocycles. The molecule has 1 rings (SSSR count). The van der Waals surface area contributed by atoms with Crippen molar-refractivity contribution < 1.29 is 10.0 Å². The molecule has 0 radical (unpaired) electrons. The van der Waals surface area contributed by atoms with E-state index in [1.165, 1.54) is 12.5 Å². The average Bonchev–Trinajstić information content (AvgIpc) is 2.15. The first-order valence-electron chi connectivity index (χ1n) is 4.40. The molecule has 0 spiro atoms. The van der Waals surface area contributed by atoms with Gasteiger partial charge in [-0.15, -0.1) is 0 Å². The fourth-order valence-corrected chi connectivity index (χ4v) is 1.13. The van der Waals surface area contributed by atoms with Crippen LogP contribution in [-0.2, 0) is 6.42 Å². The highest BCUT2D eigenvalue weighted by Crippen LogP contribution is 1.98. The predicted octanol–water partition coefficient (Wildman–Crippen LogP) is -0.501. The summed E-state index contributed by atoms with van der Waals surface area (Å²) >= 11 is 0. The van der Waals surface area contributed by atoms with Gasteiger partial charge in [-0.25, -0.2) is 9.97 Å². The molecule has 0 bridgehead atoms. The van der Waals surface area contributed by atoms with Crippen molar-refractivity contribution in [3.05, 3.63) is 18.2 Å². The molecule has 0 aliphatic heterocycles. The standard InChI is InChI=1S/C8H13BN2O2/c1-2-3-4-8-7(9(12)13)5-10-6-11-8/h5-6,12-13H,2-4H2,1H3. The summed E-state index contributed by atoms with van der Waals surface area (Å²) in [4.78, 5) is 7.75. The van der Waals surface area contributed by atoms with Gasteiger partial charge in [0.25, 0.3) is 0 Å². The zero-order valence-electron chi connectivity index (χ0n) is 7.64. The lowest BCUT2D eigenvalue weighted by Gasteiger charge is -2.05. The number of hydrogen-bond donors (Lipinski definition) is 2. The average molecular weight is 180 g/mol. The second-order valence-corrected chi connectivity index (χ2v) is 2.90. The monoisotopic (exact) mass is 180 g/mol. The Kier molecular flexibility index (Phi) is 3.86. The molecular weight excluding hydrogens is 167 g/mol. The van der Waals surface area contributed by atoms with Crippen molar-refractivity contribution >= 4 is 12.6 Å². The molecule has 13 heavy (non-hydrogen) atoms. The second kappa shape index (κ2) is 4.94. The molecule has 0 unspecified atom stereocenters. The molecule has 0 saturated carbocycles. The van der Waals surface area contributed by atoms with Crippen LogP contribution in [0.2, 0.25) is 0 Å². The van der Waals surface area contributed by atoms with Crippen LogP contribution in [0, 0.1) is 0 Å². The third-order valence-corrected chi connectivity index (χ3v) is 1.87. The van der Waals surface area contributed by atoms with E-state index in [4.69, 9.17) is 10.0 Å². The van der Waals surface area contributed by atoms with E-state index in [1.807, 2.05) is 0 Å². The number of unbranched alkanes of at least 4 members (excludes halogenated alkanes) is 1. The minimum atomic E-state index is -1.46. The first-order chi connectivity index (χ1) is 6.25. The van der Waals surface area contributed by atoms with E-state index < -0.39 is 7.12 Å². The Morgan fingerprint density at radius 1 is 1.46 bits per heavy atom. The van der Waals surface area contributed by atoms with Crippen LogP contribution in [0.4, 0.5) is 0 Å². The van der Waals surface area contributed by atoms with Crippen molar-refractivity contribution in [2.45, 2.75) is 26.2 Å². The van der Waals surface area contributed by atoms with E-state index in [1.54, 1.807) is 0 Å². The van der Waals surface area contributed by atoms with E-state index in [2.05, 4.69) is 16.9 Å². The summed E-state index contributed by atoms with van der Waals surface area (Å²) in [5.41, 5.74) is 1.14. The summed E-state index contributed by atoms with van der Waals surface area (Å²) < 4.78 is 0. The maximum Gasteiger partial charge on any atom is 0.491 e. The summed E-state index contributed by atoms with van der Waals surface area (Å²) in [6, 6.07) is 0. The number of aryl methyl sites for hydroxylation is 1. The minimum absolute atomic E-state index is 0.413. The van der Waals surface area contributed by atoms with Gasteiger partial charge >= 0.3 is 7.12 Å². The smallest absolute Gasteiger partial charge is 0.423 e. The molecular formula is C8H13BN2O2. The van der Waals surface area contributed by atoms with Gasteiger partial charge in [0, 0.05) is 17.4 Å². The number of rotatable bonds is 4. The maximum atomic E-state index is 8.98. The van der Waals surface area contributed by atoms with E-state index in [-0.39, 0.29) is 0 Å². The lowest BCUT2D eigenvalue weighted by molar-refractivity contribution is 0.425. The number of aromatic nitrogens is 2. The van der Waals surface area contributed by atoms with Crippen LogP contribution in [0.5, 0.6) is 0 Å². The van der Waals surface area contributed by atoms with Gasteiger partial charge in [-0.3, -0.25) is 0 Å². The normalized spacial score (nSPS) is 10.1. The molecule has 2 N–H and O–H groups in total. The van der Waals surface area contributed by atoms with Gasteiger partial charge in [-0.05, 0) is 12.8 Å². The summed E-state index contributed by atoms with van der Waals surface area (Å²) in [6.07, 6.45) is 5.70. The molecule has 5 heteroatoms. The highest BCUT2D eigenvalue weighted by Gasteiger charge is 2.16. The summed E-state index contributed by atoms with van der Waals surface area (Å²) in [7, 11) is -1.46. The first kappa shape index (κ1) is 10.1. The van der Waals surface area contributed by atoms with Crippen molar-refractivity contribution in [2.24, 2.45) is 0 Å². The van der Waals surface area contributed by atoms with Gasteiger partial charge in [-0.2, -0.15) is 0 Å². The van der Waals surface area contributed by atoms with Crippen molar-refractivity contribution in [3.63, 3.8) is 0 Å². The van der Waals surface area contributed by atoms with E-state index in [0.29, 0.717) is 5.46 Å². The molecule has 0 saturated heterocycles. The first-order valence-corrected chi connectivity index (χ1v) is 4.40. The van der Waals surface area contributed by atoms with Crippen LogP contribution in [-0.4, -0.2) is 27.1 Å². The molecule has 70 valence electrons. The molecule has 0 fully saturated rings. The lowest BCUT2D eigenvalue weighted by Crippen LogP contribution is -2.34. The Hall–Kier alpha value is -0.935. The van der Waals surface area contributed by atoms with Crippen LogP contribution in [0.25, 0.3) is 0 Å². The fraction of sp³-hybridized carbons (Fsp3) is 0.500. The summed E-state index contributed by atoms with van der Waals surface area (Å²) in [6.45, 7) is 2.08. The Balaban J connectivity index is 2.78. The van der Waals surface area contributed by atoms with Crippen molar-refractivity contribution in [1.82, 2.24) is 9.97 Å². The van der Waals surface area contributed by atoms with Crippen molar-refractivity contribution in [2.75, 3.05) is 0 Å². The Bertz CT molecular complexity index is 268. The van der Waals surface area contributed by atoms with E-state index >= 15 is 0 Å². The van der Waals surface area contributed by atoms with E-state index in [9.17, 15) is 0 Å². The van der Waals surface area contributed by atoms with Gasteiger partial charge in [0.05, 0.1) is 0 Å². The summed E-state index contributed by atoms with van der Waals surface area (Å²) in [5, 5.41) is 18.0. The Labute approximate surface area is 77.8 Å². The topological polar surface area (TPSA) is 66.2 Å². The predicted molar refractivity (Wildman–Crippen MR) is 50.5 cm³/mol. The maximum absolute atomic E-state index is 8.98. The van der Waals surface area contributed by atoms with Crippen molar-refractivity contribution in [3.8, 4) is 0 Å². The van der Waals surface area contributed by atoms with E-state index in [0.717, 1.165) is 25.0 Å². The highest BCUT2D eigenvalue weighted by molar-refractivity contribution is 6.58. The molecule has 1 aromatic rings. The summed E-state index contributed by atoms with van der Waals surface area (Å²) in [5.74, 6) is 0. The third-order valence-electron chi connectivity index (χ3n) is 1.87. The second-order valence-electron chi connectivity index (χ2n) is 2.90. The van der Waals surface area contributed by atoms with Crippen molar-refractivity contribution in [1.29, 1.82) is 0 Å². The molecule has 0 aliphatic carbocycles. The van der Waals surface area contributed by atoms with Gasteiger partial charge in [0.2, 0.25) is 0 Å². The molecule has 0 aromatic carbocycles. The zero-order valence-corrected chi connectivity index (χ0v) is 7.64. The zero-order chi connectivity index (χ0) is 9.68. The van der Waals surface area contributed by atoms with Gasteiger partial charge in [-0.1, -0.05) is 13.3 Å². The quantitative estimate of drug-likeness (QED) is 0.613. The fourth-order valence-electron chi connectivity index (χ4n) is 1.13. The molecule has 4 nitrogen and oxygen atoms in total. The lowest BCUT2D eigenvalue weighted by atomic mass is 9.79. The Morgan fingerprint density at radius 2 is 2.23 bits per heavy atom. The van der Waals surface area contributed by atoms with Gasteiger partial charge in [0.15, 0.2) is 0 Å².